The molecule has 104 valence electrons. The smallest absolute Gasteiger partial charge is 0.247 e. The zero-order valence-corrected chi connectivity index (χ0v) is 11.0. The lowest BCUT2D eigenvalue weighted by molar-refractivity contribution is -0.121. The minimum absolute atomic E-state index is 0.111. The fraction of sp³-hybridized carbons (Fsp3) is 0.357. The lowest BCUT2D eigenvalue weighted by atomic mass is 9.98. The molecule has 1 fully saturated rings. The fourth-order valence-corrected chi connectivity index (χ4v) is 2.48. The van der Waals surface area contributed by atoms with Gasteiger partial charge in [-0.3, -0.25) is 4.79 Å². The standard InChI is InChI=1S/C14H16N4O2/c15-14(7-1-2-8-14)13(19)17-11-5-3-10(4-6-11)12-18-16-9-20-12/h3-6,9H,1-2,7-8,15H2,(H,17,19). The normalized spacial score (nSPS) is 17.1. The van der Waals surface area contributed by atoms with E-state index in [9.17, 15) is 4.79 Å². The first kappa shape index (κ1) is 12.8. The first-order valence-corrected chi connectivity index (χ1v) is 6.64. The van der Waals surface area contributed by atoms with Crippen LogP contribution in [0.2, 0.25) is 0 Å². The van der Waals surface area contributed by atoms with Crippen LogP contribution in [0.1, 0.15) is 25.7 Å². The summed E-state index contributed by atoms with van der Waals surface area (Å²) < 4.78 is 5.11. The molecule has 1 aliphatic rings. The molecule has 3 rings (SSSR count). The quantitative estimate of drug-likeness (QED) is 0.890. The number of carbonyl (C=O) groups excluding carboxylic acids is 1. The van der Waals surface area contributed by atoms with Crippen LogP contribution in [0.5, 0.6) is 0 Å². The Morgan fingerprint density at radius 1 is 1.25 bits per heavy atom. The number of anilines is 1. The van der Waals surface area contributed by atoms with E-state index < -0.39 is 5.54 Å². The molecular weight excluding hydrogens is 256 g/mol. The highest BCUT2D eigenvalue weighted by Crippen LogP contribution is 2.28. The number of nitrogens with one attached hydrogen (secondary N) is 1. The summed E-state index contributed by atoms with van der Waals surface area (Å²) in [4.78, 5) is 12.2. The molecule has 1 aliphatic carbocycles. The predicted octanol–water partition coefficient (Wildman–Crippen LogP) is 1.95. The van der Waals surface area contributed by atoms with Crippen LogP contribution in [0.3, 0.4) is 0 Å². The molecule has 0 unspecified atom stereocenters. The van der Waals surface area contributed by atoms with Crippen LogP contribution < -0.4 is 11.1 Å². The van der Waals surface area contributed by atoms with Gasteiger partial charge in [-0.05, 0) is 37.1 Å². The Labute approximate surface area is 116 Å². The van der Waals surface area contributed by atoms with Gasteiger partial charge in [-0.2, -0.15) is 0 Å². The van der Waals surface area contributed by atoms with Gasteiger partial charge in [-0.25, -0.2) is 0 Å². The van der Waals surface area contributed by atoms with Crippen molar-refractivity contribution >= 4 is 11.6 Å². The molecular formula is C14H16N4O2. The van der Waals surface area contributed by atoms with Gasteiger partial charge >= 0.3 is 0 Å². The molecule has 0 bridgehead atoms. The van der Waals surface area contributed by atoms with Crippen LogP contribution >= 0.6 is 0 Å². The van der Waals surface area contributed by atoms with Crippen LogP contribution in [-0.2, 0) is 4.79 Å². The van der Waals surface area contributed by atoms with Gasteiger partial charge in [0.1, 0.15) is 0 Å². The molecule has 1 aromatic heterocycles. The van der Waals surface area contributed by atoms with Gasteiger partial charge in [0.25, 0.3) is 0 Å². The number of benzene rings is 1. The van der Waals surface area contributed by atoms with Crippen molar-refractivity contribution in [1.29, 1.82) is 0 Å². The molecule has 6 nitrogen and oxygen atoms in total. The molecule has 0 aliphatic heterocycles. The van der Waals surface area contributed by atoms with Crippen molar-refractivity contribution in [2.75, 3.05) is 5.32 Å². The van der Waals surface area contributed by atoms with Crippen molar-refractivity contribution in [3.8, 4) is 11.5 Å². The Balaban J connectivity index is 1.71. The largest absolute Gasteiger partial charge is 0.423 e. The van der Waals surface area contributed by atoms with E-state index in [-0.39, 0.29) is 5.91 Å². The molecule has 3 N–H and O–H groups in total. The van der Waals surface area contributed by atoms with E-state index in [4.69, 9.17) is 10.2 Å². The van der Waals surface area contributed by atoms with Crippen molar-refractivity contribution in [1.82, 2.24) is 10.2 Å². The number of amides is 1. The molecule has 1 heterocycles. The van der Waals surface area contributed by atoms with Crippen LogP contribution in [0.15, 0.2) is 35.1 Å². The maximum absolute atomic E-state index is 12.2. The van der Waals surface area contributed by atoms with Gasteiger partial charge in [0.2, 0.25) is 18.2 Å². The summed E-state index contributed by atoms with van der Waals surface area (Å²) in [5.74, 6) is 0.342. The van der Waals surface area contributed by atoms with Crippen LogP contribution in [0.25, 0.3) is 11.5 Å². The number of nitrogens with two attached hydrogens (primary N) is 1. The van der Waals surface area contributed by atoms with Gasteiger partial charge in [0.15, 0.2) is 0 Å². The van der Waals surface area contributed by atoms with E-state index in [0.29, 0.717) is 5.89 Å². The first-order valence-electron chi connectivity index (χ1n) is 6.64. The number of carbonyl (C=O) groups is 1. The molecule has 6 heteroatoms. The van der Waals surface area contributed by atoms with E-state index in [2.05, 4.69) is 15.5 Å². The number of hydrogen-bond acceptors (Lipinski definition) is 5. The van der Waals surface area contributed by atoms with Crippen molar-refractivity contribution in [3.05, 3.63) is 30.7 Å². The maximum Gasteiger partial charge on any atom is 0.247 e. The van der Waals surface area contributed by atoms with Crippen molar-refractivity contribution < 1.29 is 9.21 Å². The summed E-state index contributed by atoms with van der Waals surface area (Å²) in [5, 5.41) is 10.3. The number of nitrogens with zero attached hydrogens (tertiary/aromatic N) is 2. The zero-order valence-electron chi connectivity index (χ0n) is 11.0. The second-order valence-electron chi connectivity index (χ2n) is 5.14. The Morgan fingerprint density at radius 3 is 2.55 bits per heavy atom. The summed E-state index contributed by atoms with van der Waals surface area (Å²) in [6, 6.07) is 7.24. The Kier molecular flexibility index (Phi) is 3.23. The molecule has 0 radical (unpaired) electrons. The second kappa shape index (κ2) is 5.05. The maximum atomic E-state index is 12.2. The Morgan fingerprint density at radius 2 is 1.95 bits per heavy atom. The summed E-state index contributed by atoms with van der Waals surface area (Å²) in [6.45, 7) is 0. The third kappa shape index (κ3) is 2.42. The molecule has 2 aromatic rings. The molecule has 0 atom stereocenters. The second-order valence-corrected chi connectivity index (χ2v) is 5.14. The highest BCUT2D eigenvalue weighted by atomic mass is 16.4. The first-order chi connectivity index (χ1) is 9.67. The summed E-state index contributed by atoms with van der Waals surface area (Å²) in [6.07, 6.45) is 4.81. The van der Waals surface area contributed by atoms with Crippen LogP contribution in [0, 0.1) is 0 Å². The van der Waals surface area contributed by atoms with Gasteiger partial charge in [-0.1, -0.05) is 12.8 Å². The minimum atomic E-state index is -0.717. The SMILES string of the molecule is NC1(C(=O)Nc2ccc(-c3nnco3)cc2)CCCC1. The number of aromatic nitrogens is 2. The summed E-state index contributed by atoms with van der Waals surface area (Å²) in [7, 11) is 0. The molecule has 0 saturated heterocycles. The zero-order chi connectivity index (χ0) is 14.0. The van der Waals surface area contributed by atoms with Crippen LogP contribution in [0.4, 0.5) is 5.69 Å². The van der Waals surface area contributed by atoms with Crippen molar-refractivity contribution in [2.45, 2.75) is 31.2 Å². The van der Waals surface area contributed by atoms with E-state index >= 15 is 0 Å². The highest BCUT2D eigenvalue weighted by Gasteiger charge is 2.36. The van der Waals surface area contributed by atoms with Crippen LogP contribution in [-0.4, -0.2) is 21.6 Å². The third-order valence-corrected chi connectivity index (χ3v) is 3.70. The van der Waals surface area contributed by atoms with E-state index in [0.717, 1.165) is 36.9 Å². The van der Waals surface area contributed by atoms with E-state index in [1.807, 2.05) is 12.1 Å². The van der Waals surface area contributed by atoms with Gasteiger partial charge in [0.05, 0.1) is 5.54 Å². The van der Waals surface area contributed by atoms with Crippen molar-refractivity contribution in [2.24, 2.45) is 5.73 Å². The topological polar surface area (TPSA) is 94.0 Å². The molecule has 1 saturated carbocycles. The summed E-state index contributed by atoms with van der Waals surface area (Å²) in [5.41, 5.74) is 6.92. The van der Waals surface area contributed by atoms with E-state index in [1.54, 1.807) is 12.1 Å². The van der Waals surface area contributed by atoms with Gasteiger partial charge < -0.3 is 15.5 Å². The number of hydrogen-bond donors (Lipinski definition) is 2. The minimum Gasteiger partial charge on any atom is -0.423 e. The third-order valence-electron chi connectivity index (χ3n) is 3.70. The fourth-order valence-electron chi connectivity index (χ4n) is 2.48. The lowest BCUT2D eigenvalue weighted by Crippen LogP contribution is -2.48. The Bertz CT molecular complexity index is 586. The molecule has 20 heavy (non-hydrogen) atoms. The molecule has 1 aromatic carbocycles. The van der Waals surface area contributed by atoms with Crippen molar-refractivity contribution in [3.63, 3.8) is 0 Å². The Hall–Kier alpha value is -2.21. The average molecular weight is 272 g/mol. The predicted molar refractivity (Wildman–Crippen MR) is 73.8 cm³/mol. The van der Waals surface area contributed by atoms with Gasteiger partial charge in [-0.15, -0.1) is 10.2 Å². The molecule has 1 amide bonds. The molecule has 0 spiro atoms. The van der Waals surface area contributed by atoms with Gasteiger partial charge in [0, 0.05) is 11.3 Å². The average Bonchev–Trinajstić information content (AvgIpc) is 3.11. The van der Waals surface area contributed by atoms with E-state index in [1.165, 1.54) is 6.39 Å². The summed E-state index contributed by atoms with van der Waals surface area (Å²) >= 11 is 0. The lowest BCUT2D eigenvalue weighted by Gasteiger charge is -2.22. The highest BCUT2D eigenvalue weighted by molar-refractivity contribution is 5.98. The number of rotatable bonds is 3. The monoisotopic (exact) mass is 272 g/mol.